The van der Waals surface area contributed by atoms with Crippen molar-refractivity contribution >= 4 is 29.9 Å². The number of rotatable bonds is 7. The average molecular weight is 484 g/mol. The third-order valence-electron chi connectivity index (χ3n) is 6.19. The zero-order chi connectivity index (χ0) is 18.2. The molecular weight excluding hydrogens is 447 g/mol. The fourth-order valence-corrected chi connectivity index (χ4v) is 4.35. The van der Waals surface area contributed by atoms with Crippen molar-refractivity contribution in [2.24, 2.45) is 10.9 Å². The fourth-order valence-electron chi connectivity index (χ4n) is 4.35. The molecule has 1 aliphatic heterocycles. The summed E-state index contributed by atoms with van der Waals surface area (Å²) in [6.07, 6.45) is 6.49. The van der Waals surface area contributed by atoms with Gasteiger partial charge in [0.1, 0.15) is 0 Å². The predicted molar refractivity (Wildman–Crippen MR) is 126 cm³/mol. The Morgan fingerprint density at radius 3 is 2.56 bits per heavy atom. The second-order valence-corrected chi connectivity index (χ2v) is 7.98. The van der Waals surface area contributed by atoms with Gasteiger partial charge in [-0.15, -0.1) is 24.0 Å². The Morgan fingerprint density at radius 1 is 1.15 bits per heavy atom. The minimum atomic E-state index is 0. The molecule has 4 nitrogen and oxygen atoms in total. The molecule has 1 saturated carbocycles. The van der Waals surface area contributed by atoms with Gasteiger partial charge in [-0.2, -0.15) is 0 Å². The second-order valence-electron chi connectivity index (χ2n) is 7.98. The molecule has 1 heterocycles. The van der Waals surface area contributed by atoms with E-state index in [0.29, 0.717) is 0 Å². The van der Waals surface area contributed by atoms with Gasteiger partial charge in [0, 0.05) is 25.0 Å². The molecule has 2 N–H and O–H groups in total. The maximum atomic E-state index is 4.99. The van der Waals surface area contributed by atoms with Gasteiger partial charge in [0.25, 0.3) is 0 Å². The van der Waals surface area contributed by atoms with Crippen molar-refractivity contribution in [3.63, 3.8) is 0 Å². The molecule has 0 amide bonds. The Morgan fingerprint density at radius 2 is 1.93 bits per heavy atom. The number of hydrogen-bond acceptors (Lipinski definition) is 2. The number of benzene rings is 1. The number of hydrogen-bond donors (Lipinski definition) is 2. The minimum absolute atomic E-state index is 0. The highest BCUT2D eigenvalue weighted by Crippen LogP contribution is 2.43. The van der Waals surface area contributed by atoms with Crippen molar-refractivity contribution in [3.8, 4) is 0 Å². The van der Waals surface area contributed by atoms with Crippen molar-refractivity contribution < 1.29 is 0 Å². The quantitative estimate of drug-likeness (QED) is 0.349. The number of aliphatic imine (C=N–C) groups is 1. The van der Waals surface area contributed by atoms with Gasteiger partial charge in [-0.25, -0.2) is 0 Å². The van der Waals surface area contributed by atoms with Crippen molar-refractivity contribution in [2.75, 3.05) is 39.3 Å². The van der Waals surface area contributed by atoms with E-state index in [1.54, 1.807) is 0 Å². The lowest BCUT2D eigenvalue weighted by Crippen LogP contribution is -2.45. The van der Waals surface area contributed by atoms with Gasteiger partial charge >= 0.3 is 0 Å². The van der Waals surface area contributed by atoms with Gasteiger partial charge in [-0.1, -0.05) is 43.7 Å². The summed E-state index contributed by atoms with van der Waals surface area (Å²) in [6.45, 7) is 10.9. The summed E-state index contributed by atoms with van der Waals surface area (Å²) in [5, 5.41) is 7.06. The van der Waals surface area contributed by atoms with E-state index in [1.807, 2.05) is 0 Å². The summed E-state index contributed by atoms with van der Waals surface area (Å²) in [5.41, 5.74) is 1.71. The van der Waals surface area contributed by atoms with Crippen LogP contribution in [0.15, 0.2) is 35.3 Å². The van der Waals surface area contributed by atoms with E-state index in [2.05, 4.69) is 59.7 Å². The predicted octanol–water partition coefficient (Wildman–Crippen LogP) is 4.01. The summed E-state index contributed by atoms with van der Waals surface area (Å²) in [7, 11) is 0. The zero-order valence-electron chi connectivity index (χ0n) is 17.0. The third-order valence-corrected chi connectivity index (χ3v) is 6.19. The summed E-state index contributed by atoms with van der Waals surface area (Å²) in [5.74, 6) is 1.72. The molecular formula is C22H37IN4. The second kappa shape index (κ2) is 11.2. The van der Waals surface area contributed by atoms with E-state index in [9.17, 15) is 0 Å². The van der Waals surface area contributed by atoms with E-state index < -0.39 is 0 Å². The highest BCUT2D eigenvalue weighted by atomic mass is 127. The van der Waals surface area contributed by atoms with Gasteiger partial charge < -0.3 is 15.5 Å². The number of likely N-dealkylation sites (tertiary alicyclic amines) is 1. The molecule has 1 unspecified atom stereocenters. The molecule has 0 bridgehead atoms. The van der Waals surface area contributed by atoms with Crippen LogP contribution in [0.2, 0.25) is 0 Å². The molecule has 2 aliphatic rings. The van der Waals surface area contributed by atoms with Crippen LogP contribution in [0.1, 0.15) is 51.5 Å². The molecule has 0 aromatic heterocycles. The highest BCUT2D eigenvalue weighted by molar-refractivity contribution is 14.0. The molecule has 2 fully saturated rings. The van der Waals surface area contributed by atoms with Crippen LogP contribution in [0.5, 0.6) is 0 Å². The smallest absolute Gasteiger partial charge is 0.191 e. The molecule has 3 rings (SSSR count). The number of halogens is 1. The van der Waals surface area contributed by atoms with E-state index in [0.717, 1.165) is 31.5 Å². The Hall–Kier alpha value is -0.820. The van der Waals surface area contributed by atoms with Crippen LogP contribution >= 0.6 is 24.0 Å². The zero-order valence-corrected chi connectivity index (χ0v) is 19.4. The van der Waals surface area contributed by atoms with Crippen molar-refractivity contribution in [2.45, 2.75) is 51.4 Å². The van der Waals surface area contributed by atoms with Crippen molar-refractivity contribution in [3.05, 3.63) is 35.9 Å². The topological polar surface area (TPSA) is 39.7 Å². The van der Waals surface area contributed by atoms with Crippen molar-refractivity contribution in [1.29, 1.82) is 0 Å². The number of nitrogens with one attached hydrogen (secondary N) is 2. The molecule has 1 aliphatic carbocycles. The van der Waals surface area contributed by atoms with E-state index >= 15 is 0 Å². The standard InChI is InChI=1S/C22H36N4.HI/c1-3-23-21(24-16-19-10-8-15-26(4-2)17-19)25-18-22(13-9-14-22)20-11-6-5-7-12-20;/h5-7,11-12,19H,3-4,8-10,13-18H2,1-2H3,(H2,23,24,25);1H. The van der Waals surface area contributed by atoms with E-state index in [-0.39, 0.29) is 29.4 Å². The van der Waals surface area contributed by atoms with Crippen LogP contribution in [0.4, 0.5) is 0 Å². The van der Waals surface area contributed by atoms with Gasteiger partial charge in [-0.05, 0) is 57.2 Å². The highest BCUT2D eigenvalue weighted by Gasteiger charge is 2.38. The van der Waals surface area contributed by atoms with Gasteiger partial charge in [0.2, 0.25) is 0 Å². The molecule has 5 heteroatoms. The number of guanidine groups is 1. The molecule has 1 atom stereocenters. The van der Waals surface area contributed by atoms with Crippen LogP contribution in [0.25, 0.3) is 0 Å². The fraction of sp³-hybridized carbons (Fsp3) is 0.682. The van der Waals surface area contributed by atoms with Crippen LogP contribution in [0.3, 0.4) is 0 Å². The molecule has 1 aromatic rings. The summed E-state index contributed by atoms with van der Waals surface area (Å²) in [4.78, 5) is 7.56. The third kappa shape index (κ3) is 6.08. The Balaban J connectivity index is 0.00000261. The molecule has 1 aromatic carbocycles. The van der Waals surface area contributed by atoms with Crippen molar-refractivity contribution in [1.82, 2.24) is 15.5 Å². The summed E-state index contributed by atoms with van der Waals surface area (Å²) < 4.78 is 0. The van der Waals surface area contributed by atoms with Crippen LogP contribution in [0, 0.1) is 5.92 Å². The first-order valence-electron chi connectivity index (χ1n) is 10.6. The maximum absolute atomic E-state index is 4.99. The van der Waals surface area contributed by atoms with Gasteiger partial charge in [0.15, 0.2) is 5.96 Å². The SMILES string of the molecule is CCNC(=NCC1(c2ccccc2)CCC1)NCC1CCCN(CC)C1.I. The van der Waals surface area contributed by atoms with Crippen LogP contribution < -0.4 is 10.6 Å². The Bertz CT molecular complexity index is 571. The molecule has 0 radical (unpaired) electrons. The first-order chi connectivity index (χ1) is 12.8. The first-order valence-corrected chi connectivity index (χ1v) is 10.6. The van der Waals surface area contributed by atoms with Crippen LogP contribution in [-0.4, -0.2) is 50.1 Å². The molecule has 1 saturated heterocycles. The van der Waals surface area contributed by atoms with E-state index in [4.69, 9.17) is 4.99 Å². The first kappa shape index (κ1) is 22.5. The number of piperidine rings is 1. The molecule has 27 heavy (non-hydrogen) atoms. The largest absolute Gasteiger partial charge is 0.357 e. The normalized spacial score (nSPS) is 22.4. The Kier molecular flexibility index (Phi) is 9.36. The van der Waals surface area contributed by atoms with E-state index in [1.165, 1.54) is 57.3 Å². The maximum Gasteiger partial charge on any atom is 0.191 e. The summed E-state index contributed by atoms with van der Waals surface area (Å²) >= 11 is 0. The lowest BCUT2D eigenvalue weighted by molar-refractivity contribution is 0.183. The molecule has 0 spiro atoms. The minimum Gasteiger partial charge on any atom is -0.357 e. The van der Waals surface area contributed by atoms with Crippen LogP contribution in [-0.2, 0) is 5.41 Å². The number of nitrogens with zero attached hydrogens (tertiary/aromatic N) is 2. The lowest BCUT2D eigenvalue weighted by atomic mass is 9.64. The average Bonchev–Trinajstić information content (AvgIpc) is 2.66. The Labute approximate surface area is 182 Å². The summed E-state index contributed by atoms with van der Waals surface area (Å²) in [6, 6.07) is 11.0. The lowest BCUT2D eigenvalue weighted by Gasteiger charge is -2.41. The van der Waals surface area contributed by atoms with Gasteiger partial charge in [0.05, 0.1) is 6.54 Å². The molecule has 152 valence electrons. The van der Waals surface area contributed by atoms with Gasteiger partial charge in [-0.3, -0.25) is 4.99 Å². The monoisotopic (exact) mass is 484 g/mol.